The van der Waals surface area contributed by atoms with Gasteiger partial charge in [0.2, 0.25) is 0 Å². The van der Waals surface area contributed by atoms with Crippen LogP contribution in [-0.4, -0.2) is 12.0 Å². The molecule has 22 heavy (non-hydrogen) atoms. The van der Waals surface area contributed by atoms with Crippen LogP contribution < -0.4 is 10.1 Å². The molecule has 0 unspecified atom stereocenters. The Morgan fingerprint density at radius 1 is 1.00 bits per heavy atom. The van der Waals surface area contributed by atoms with Crippen molar-refractivity contribution >= 4 is 5.91 Å². The van der Waals surface area contributed by atoms with Crippen molar-refractivity contribution in [3.63, 3.8) is 0 Å². The highest BCUT2D eigenvalue weighted by Crippen LogP contribution is 2.18. The van der Waals surface area contributed by atoms with Crippen LogP contribution in [0.25, 0.3) is 0 Å². The number of carbonyl (C=O) groups is 1. The molecule has 1 amide bonds. The van der Waals surface area contributed by atoms with Crippen LogP contribution in [0.3, 0.4) is 0 Å². The van der Waals surface area contributed by atoms with Crippen LogP contribution in [-0.2, 0) is 4.79 Å². The first kappa shape index (κ1) is 16.1. The highest BCUT2D eigenvalue weighted by atomic mass is 16.5. The summed E-state index contributed by atoms with van der Waals surface area (Å²) in [6, 6.07) is 15.8. The number of amides is 1. The Kier molecular flexibility index (Phi) is 5.21. The van der Waals surface area contributed by atoms with Gasteiger partial charge in [0, 0.05) is 0 Å². The quantitative estimate of drug-likeness (QED) is 0.907. The predicted molar refractivity (Wildman–Crippen MR) is 89.0 cm³/mol. The number of ether oxygens (including phenoxy) is 1. The highest BCUT2D eigenvalue weighted by molar-refractivity contribution is 5.81. The second-order valence-corrected chi connectivity index (χ2v) is 5.67. The van der Waals surface area contributed by atoms with Crippen LogP contribution >= 0.6 is 0 Å². The molecule has 0 aliphatic rings. The largest absolute Gasteiger partial charge is 0.481 e. The summed E-state index contributed by atoms with van der Waals surface area (Å²) >= 11 is 0. The van der Waals surface area contributed by atoms with Crippen LogP contribution in [0, 0.1) is 13.8 Å². The minimum atomic E-state index is -0.533. The van der Waals surface area contributed by atoms with Gasteiger partial charge >= 0.3 is 0 Å². The molecule has 3 nitrogen and oxygen atoms in total. The molecule has 0 aliphatic carbocycles. The van der Waals surface area contributed by atoms with E-state index in [9.17, 15) is 4.79 Å². The third-order valence-electron chi connectivity index (χ3n) is 3.70. The van der Waals surface area contributed by atoms with Gasteiger partial charge in [-0.2, -0.15) is 0 Å². The van der Waals surface area contributed by atoms with Gasteiger partial charge in [-0.3, -0.25) is 4.79 Å². The summed E-state index contributed by atoms with van der Waals surface area (Å²) in [4.78, 5) is 12.3. The number of carbonyl (C=O) groups excluding carboxylic acids is 1. The van der Waals surface area contributed by atoms with Gasteiger partial charge in [0.1, 0.15) is 5.75 Å². The van der Waals surface area contributed by atoms with Crippen molar-refractivity contribution in [1.29, 1.82) is 0 Å². The molecule has 0 aromatic heterocycles. The average molecular weight is 297 g/mol. The molecule has 2 rings (SSSR count). The Morgan fingerprint density at radius 3 is 2.27 bits per heavy atom. The third-order valence-corrected chi connectivity index (χ3v) is 3.70. The Balaban J connectivity index is 1.96. The van der Waals surface area contributed by atoms with E-state index in [1.807, 2.05) is 69.3 Å². The molecule has 0 saturated carbocycles. The maximum Gasteiger partial charge on any atom is 0.261 e. The Labute approximate surface area is 132 Å². The standard InChI is InChI=1S/C19H23NO2/c1-13-9-11-17(12-10-13)15(3)20-19(21)16(4)22-18-8-6-5-7-14(18)2/h5-12,15-16H,1-4H3,(H,20,21)/t15-,16+/m1/s1. The molecule has 0 aliphatic heterocycles. The maximum absolute atomic E-state index is 12.3. The van der Waals surface area contributed by atoms with E-state index in [4.69, 9.17) is 4.74 Å². The summed E-state index contributed by atoms with van der Waals surface area (Å²) in [6.45, 7) is 7.76. The summed E-state index contributed by atoms with van der Waals surface area (Å²) < 4.78 is 5.75. The van der Waals surface area contributed by atoms with E-state index in [-0.39, 0.29) is 11.9 Å². The summed E-state index contributed by atoms with van der Waals surface area (Å²) in [5.41, 5.74) is 3.31. The predicted octanol–water partition coefficient (Wildman–Crippen LogP) is 3.95. The van der Waals surface area contributed by atoms with E-state index in [1.54, 1.807) is 6.92 Å². The van der Waals surface area contributed by atoms with Crippen LogP contribution in [0.1, 0.15) is 36.6 Å². The van der Waals surface area contributed by atoms with Gasteiger partial charge < -0.3 is 10.1 Å². The molecule has 3 heteroatoms. The van der Waals surface area contributed by atoms with Gasteiger partial charge in [0.15, 0.2) is 6.10 Å². The van der Waals surface area contributed by atoms with Crippen molar-refractivity contribution in [2.45, 2.75) is 39.8 Å². The van der Waals surface area contributed by atoms with E-state index >= 15 is 0 Å². The van der Waals surface area contributed by atoms with E-state index in [0.29, 0.717) is 0 Å². The lowest BCUT2D eigenvalue weighted by molar-refractivity contribution is -0.127. The first-order valence-electron chi connectivity index (χ1n) is 7.56. The highest BCUT2D eigenvalue weighted by Gasteiger charge is 2.18. The van der Waals surface area contributed by atoms with Gasteiger partial charge in [-0.05, 0) is 44.9 Å². The normalized spacial score (nSPS) is 13.3. The monoisotopic (exact) mass is 297 g/mol. The van der Waals surface area contributed by atoms with E-state index in [1.165, 1.54) is 5.56 Å². The van der Waals surface area contributed by atoms with Crippen molar-refractivity contribution in [3.8, 4) is 5.75 Å². The lowest BCUT2D eigenvalue weighted by Crippen LogP contribution is -2.37. The molecule has 2 atom stereocenters. The fourth-order valence-electron chi connectivity index (χ4n) is 2.20. The van der Waals surface area contributed by atoms with Crippen LogP contribution in [0.15, 0.2) is 48.5 Å². The fraction of sp³-hybridized carbons (Fsp3) is 0.316. The number of aryl methyl sites for hydroxylation is 2. The molecule has 0 saturated heterocycles. The van der Waals surface area contributed by atoms with Gasteiger partial charge in [0.05, 0.1) is 6.04 Å². The minimum absolute atomic E-state index is 0.0454. The number of hydrogen-bond donors (Lipinski definition) is 1. The van der Waals surface area contributed by atoms with Crippen LogP contribution in [0.4, 0.5) is 0 Å². The summed E-state index contributed by atoms with van der Waals surface area (Å²) in [6.07, 6.45) is -0.533. The smallest absolute Gasteiger partial charge is 0.261 e. The van der Waals surface area contributed by atoms with Crippen molar-refractivity contribution in [3.05, 3.63) is 65.2 Å². The van der Waals surface area contributed by atoms with Crippen molar-refractivity contribution < 1.29 is 9.53 Å². The molecule has 2 aromatic carbocycles. The molecule has 0 radical (unpaired) electrons. The van der Waals surface area contributed by atoms with Crippen LogP contribution in [0.2, 0.25) is 0 Å². The zero-order valence-electron chi connectivity index (χ0n) is 13.6. The Morgan fingerprint density at radius 2 is 1.64 bits per heavy atom. The van der Waals surface area contributed by atoms with Gasteiger partial charge in [0.25, 0.3) is 5.91 Å². The fourth-order valence-corrected chi connectivity index (χ4v) is 2.20. The lowest BCUT2D eigenvalue weighted by Gasteiger charge is -2.20. The first-order chi connectivity index (χ1) is 10.5. The van der Waals surface area contributed by atoms with Gasteiger partial charge in [-0.15, -0.1) is 0 Å². The van der Waals surface area contributed by atoms with Crippen molar-refractivity contribution in [2.75, 3.05) is 0 Å². The molecule has 2 aromatic rings. The summed E-state index contributed by atoms with van der Waals surface area (Å²) in [5, 5.41) is 2.99. The molecule has 0 bridgehead atoms. The second kappa shape index (κ2) is 7.12. The molecule has 1 N–H and O–H groups in total. The number of hydrogen-bond acceptors (Lipinski definition) is 2. The Hall–Kier alpha value is -2.29. The van der Waals surface area contributed by atoms with Crippen molar-refractivity contribution in [2.24, 2.45) is 0 Å². The average Bonchev–Trinajstić information content (AvgIpc) is 2.50. The first-order valence-corrected chi connectivity index (χ1v) is 7.56. The lowest BCUT2D eigenvalue weighted by atomic mass is 10.1. The SMILES string of the molecule is Cc1ccc([C@@H](C)NC(=O)[C@H](C)Oc2ccccc2C)cc1. The van der Waals surface area contributed by atoms with E-state index < -0.39 is 6.10 Å². The number of rotatable bonds is 5. The molecule has 0 heterocycles. The van der Waals surface area contributed by atoms with Crippen molar-refractivity contribution in [1.82, 2.24) is 5.32 Å². The maximum atomic E-state index is 12.3. The van der Waals surface area contributed by atoms with Gasteiger partial charge in [-0.1, -0.05) is 48.0 Å². The van der Waals surface area contributed by atoms with E-state index in [0.717, 1.165) is 16.9 Å². The molecule has 0 spiro atoms. The number of nitrogens with one attached hydrogen (secondary N) is 1. The zero-order chi connectivity index (χ0) is 16.1. The Bertz CT molecular complexity index is 634. The molecule has 0 fully saturated rings. The molecular weight excluding hydrogens is 274 g/mol. The van der Waals surface area contributed by atoms with Gasteiger partial charge in [-0.25, -0.2) is 0 Å². The summed E-state index contributed by atoms with van der Waals surface area (Å²) in [7, 11) is 0. The summed E-state index contributed by atoms with van der Waals surface area (Å²) in [5.74, 6) is 0.629. The minimum Gasteiger partial charge on any atom is -0.481 e. The third kappa shape index (κ3) is 4.10. The van der Waals surface area contributed by atoms with Crippen LogP contribution in [0.5, 0.6) is 5.75 Å². The molecule has 116 valence electrons. The second-order valence-electron chi connectivity index (χ2n) is 5.67. The van der Waals surface area contributed by atoms with E-state index in [2.05, 4.69) is 5.32 Å². The topological polar surface area (TPSA) is 38.3 Å². The number of para-hydroxylation sites is 1. The zero-order valence-corrected chi connectivity index (χ0v) is 13.6. The number of benzene rings is 2. The molecular formula is C19H23NO2.